The molecule has 1 aromatic heterocycles. The van der Waals surface area contributed by atoms with Crippen molar-refractivity contribution in [3.8, 4) is 0 Å². The summed E-state index contributed by atoms with van der Waals surface area (Å²) in [5.41, 5.74) is 0.354. The molecular weight excluding hydrogens is 298 g/mol. The molecule has 1 heterocycles. The van der Waals surface area contributed by atoms with Gasteiger partial charge in [0.2, 0.25) is 10.0 Å². The Labute approximate surface area is 121 Å². The van der Waals surface area contributed by atoms with Crippen LogP contribution in [0, 0.1) is 5.92 Å². The van der Waals surface area contributed by atoms with E-state index in [0.717, 1.165) is 0 Å². The number of nitrogens with one attached hydrogen (secondary N) is 1. The molecule has 114 valence electrons. The van der Waals surface area contributed by atoms with Crippen molar-refractivity contribution < 1.29 is 22.9 Å². The first kappa shape index (κ1) is 15.4. The van der Waals surface area contributed by atoms with Gasteiger partial charge in [-0.05, 0) is 34.8 Å². The third kappa shape index (κ3) is 3.37. The standard InChI is InChI=1S/C12H15N3O5S/c1-7(2)6-9(12(16)17)15-21(18,19)10-5-3-4-8-11(10)14-20-13-8/h3-5,7,9,15H,6H2,1-2H3,(H,16,17)/t9-/m0/s1. The maximum absolute atomic E-state index is 12.4. The first-order valence-electron chi connectivity index (χ1n) is 6.27. The van der Waals surface area contributed by atoms with Gasteiger partial charge in [-0.3, -0.25) is 4.79 Å². The number of fused-ring (bicyclic) bond motifs is 1. The number of carbonyl (C=O) groups is 1. The number of nitrogens with zero attached hydrogens (tertiary/aromatic N) is 2. The smallest absolute Gasteiger partial charge is 0.321 e. The largest absolute Gasteiger partial charge is 0.480 e. The molecule has 0 fully saturated rings. The van der Waals surface area contributed by atoms with Crippen LogP contribution < -0.4 is 4.72 Å². The first-order valence-corrected chi connectivity index (χ1v) is 7.76. The van der Waals surface area contributed by atoms with E-state index in [9.17, 15) is 13.2 Å². The molecule has 1 aromatic carbocycles. The van der Waals surface area contributed by atoms with E-state index in [2.05, 4.69) is 19.7 Å². The van der Waals surface area contributed by atoms with Gasteiger partial charge in [0.1, 0.15) is 16.5 Å². The van der Waals surface area contributed by atoms with Crippen LogP contribution in [0.3, 0.4) is 0 Å². The topological polar surface area (TPSA) is 122 Å². The predicted octanol–water partition coefficient (Wildman–Crippen LogP) is 1.00. The minimum atomic E-state index is -4.04. The summed E-state index contributed by atoms with van der Waals surface area (Å²) in [6.45, 7) is 3.62. The molecular formula is C12H15N3O5S. The second-order valence-corrected chi connectivity index (χ2v) is 6.71. The van der Waals surface area contributed by atoms with E-state index in [1.54, 1.807) is 6.07 Å². The molecule has 0 bridgehead atoms. The first-order chi connectivity index (χ1) is 9.81. The van der Waals surface area contributed by atoms with Gasteiger partial charge in [-0.1, -0.05) is 19.9 Å². The minimum absolute atomic E-state index is 0.0262. The van der Waals surface area contributed by atoms with Crippen molar-refractivity contribution >= 4 is 27.0 Å². The Hall–Kier alpha value is -2.00. The number of sulfonamides is 1. The Balaban J connectivity index is 2.37. The van der Waals surface area contributed by atoms with Crippen LogP contribution in [-0.2, 0) is 14.8 Å². The second-order valence-electron chi connectivity index (χ2n) is 5.03. The molecule has 0 aliphatic rings. The van der Waals surface area contributed by atoms with Gasteiger partial charge in [0.15, 0.2) is 5.52 Å². The lowest BCUT2D eigenvalue weighted by Crippen LogP contribution is -2.41. The maximum atomic E-state index is 12.4. The number of hydrogen-bond donors (Lipinski definition) is 2. The molecule has 0 radical (unpaired) electrons. The number of rotatable bonds is 6. The average Bonchev–Trinajstić information content (AvgIpc) is 2.84. The van der Waals surface area contributed by atoms with E-state index in [-0.39, 0.29) is 28.3 Å². The summed E-state index contributed by atoms with van der Waals surface area (Å²) in [6.07, 6.45) is 0.182. The van der Waals surface area contributed by atoms with Crippen LogP contribution >= 0.6 is 0 Å². The number of aliphatic carboxylic acids is 1. The Morgan fingerprint density at radius 2 is 2.10 bits per heavy atom. The van der Waals surface area contributed by atoms with E-state index in [0.29, 0.717) is 0 Å². The fourth-order valence-electron chi connectivity index (χ4n) is 1.92. The molecule has 21 heavy (non-hydrogen) atoms. The van der Waals surface area contributed by atoms with Crippen LogP contribution in [-0.4, -0.2) is 35.8 Å². The normalized spacial score (nSPS) is 13.7. The molecule has 0 unspecified atom stereocenters. The minimum Gasteiger partial charge on any atom is -0.480 e. The van der Waals surface area contributed by atoms with Crippen molar-refractivity contribution in [3.63, 3.8) is 0 Å². The van der Waals surface area contributed by atoms with Crippen LogP contribution in [0.5, 0.6) is 0 Å². The lowest BCUT2D eigenvalue weighted by molar-refractivity contribution is -0.139. The van der Waals surface area contributed by atoms with Gasteiger partial charge < -0.3 is 5.11 Å². The summed E-state index contributed by atoms with van der Waals surface area (Å²) in [7, 11) is -4.04. The third-order valence-corrected chi connectivity index (χ3v) is 4.34. The summed E-state index contributed by atoms with van der Waals surface area (Å²) in [5.74, 6) is -1.20. The van der Waals surface area contributed by atoms with E-state index < -0.39 is 22.0 Å². The molecule has 0 amide bonds. The summed E-state index contributed by atoms with van der Waals surface area (Å²) in [6, 6.07) is 3.15. The third-order valence-electron chi connectivity index (χ3n) is 2.84. The number of hydrogen-bond acceptors (Lipinski definition) is 6. The maximum Gasteiger partial charge on any atom is 0.321 e. The molecule has 9 heteroatoms. The predicted molar refractivity (Wildman–Crippen MR) is 73.0 cm³/mol. The van der Waals surface area contributed by atoms with Gasteiger partial charge in [-0.25, -0.2) is 13.0 Å². The van der Waals surface area contributed by atoms with Crippen molar-refractivity contribution in [3.05, 3.63) is 18.2 Å². The zero-order valence-electron chi connectivity index (χ0n) is 11.5. The number of benzene rings is 1. The van der Waals surface area contributed by atoms with E-state index in [1.165, 1.54) is 12.1 Å². The van der Waals surface area contributed by atoms with Crippen LogP contribution in [0.1, 0.15) is 20.3 Å². The zero-order valence-corrected chi connectivity index (χ0v) is 12.3. The van der Waals surface area contributed by atoms with Crippen LogP contribution in [0.15, 0.2) is 27.7 Å². The summed E-state index contributed by atoms with van der Waals surface area (Å²) in [5, 5.41) is 16.2. The van der Waals surface area contributed by atoms with Gasteiger partial charge in [0.05, 0.1) is 0 Å². The molecule has 8 nitrogen and oxygen atoms in total. The number of aromatic nitrogens is 2. The number of carboxylic acids is 1. The molecule has 2 rings (SSSR count). The van der Waals surface area contributed by atoms with Crippen molar-refractivity contribution in [2.75, 3.05) is 0 Å². The van der Waals surface area contributed by atoms with Gasteiger partial charge in [-0.15, -0.1) is 0 Å². The monoisotopic (exact) mass is 313 g/mol. The fraction of sp³-hybridized carbons (Fsp3) is 0.417. The lowest BCUT2D eigenvalue weighted by atomic mass is 10.1. The van der Waals surface area contributed by atoms with Gasteiger partial charge in [0, 0.05) is 0 Å². The molecule has 2 aromatic rings. The SMILES string of the molecule is CC(C)C[C@H](NS(=O)(=O)c1cccc2nonc12)C(=O)O. The summed E-state index contributed by atoms with van der Waals surface area (Å²) >= 11 is 0. The van der Waals surface area contributed by atoms with Crippen molar-refractivity contribution in [1.82, 2.24) is 15.0 Å². The van der Waals surface area contributed by atoms with Gasteiger partial charge >= 0.3 is 5.97 Å². The highest BCUT2D eigenvalue weighted by molar-refractivity contribution is 7.89. The molecule has 1 atom stereocenters. The Morgan fingerprint density at radius 3 is 2.71 bits per heavy atom. The zero-order chi connectivity index (χ0) is 15.6. The molecule has 0 aliphatic carbocycles. The Kier molecular flexibility index (Phi) is 4.24. The average molecular weight is 313 g/mol. The van der Waals surface area contributed by atoms with Crippen LogP contribution in [0.2, 0.25) is 0 Å². The van der Waals surface area contributed by atoms with Crippen molar-refractivity contribution in [2.24, 2.45) is 5.92 Å². The highest BCUT2D eigenvalue weighted by Gasteiger charge is 2.28. The van der Waals surface area contributed by atoms with E-state index >= 15 is 0 Å². The molecule has 0 saturated carbocycles. The molecule has 0 spiro atoms. The van der Waals surface area contributed by atoms with Crippen molar-refractivity contribution in [1.29, 1.82) is 0 Å². The Bertz CT molecular complexity index is 753. The van der Waals surface area contributed by atoms with Crippen molar-refractivity contribution in [2.45, 2.75) is 31.2 Å². The van der Waals surface area contributed by atoms with E-state index in [1.807, 2.05) is 13.8 Å². The second kappa shape index (κ2) is 5.78. The summed E-state index contributed by atoms with van der Waals surface area (Å²) in [4.78, 5) is 11.0. The highest BCUT2D eigenvalue weighted by Crippen LogP contribution is 2.20. The number of carboxylic acid groups (broad SMARTS) is 1. The fourth-order valence-corrected chi connectivity index (χ4v) is 3.27. The highest BCUT2D eigenvalue weighted by atomic mass is 32.2. The van der Waals surface area contributed by atoms with Gasteiger partial charge in [0.25, 0.3) is 0 Å². The van der Waals surface area contributed by atoms with E-state index in [4.69, 9.17) is 5.11 Å². The summed E-state index contributed by atoms with van der Waals surface area (Å²) < 4.78 is 31.4. The molecule has 2 N–H and O–H groups in total. The molecule has 0 aliphatic heterocycles. The Morgan fingerprint density at radius 1 is 1.38 bits per heavy atom. The molecule has 0 saturated heterocycles. The van der Waals surface area contributed by atoms with Gasteiger partial charge in [-0.2, -0.15) is 4.72 Å². The quantitative estimate of drug-likeness (QED) is 0.815. The van der Waals surface area contributed by atoms with Crippen LogP contribution in [0.4, 0.5) is 0 Å². The lowest BCUT2D eigenvalue weighted by Gasteiger charge is -2.16. The van der Waals surface area contributed by atoms with Crippen LogP contribution in [0.25, 0.3) is 11.0 Å².